The van der Waals surface area contributed by atoms with Crippen LogP contribution in [0.5, 0.6) is 0 Å². The summed E-state index contributed by atoms with van der Waals surface area (Å²) in [7, 11) is 0. The molecule has 0 aromatic heterocycles. The number of nitrogens with one attached hydrogen (secondary N) is 1. The number of carbonyl (C=O) groups excluding carboxylic acids is 2. The van der Waals surface area contributed by atoms with Crippen molar-refractivity contribution in [2.75, 3.05) is 5.75 Å². The Kier molecular flexibility index (Phi) is 10.8. The van der Waals surface area contributed by atoms with E-state index in [1.54, 1.807) is 29.2 Å². The summed E-state index contributed by atoms with van der Waals surface area (Å²) in [6, 6.07) is 10.7. The molecule has 2 rings (SSSR count). The van der Waals surface area contributed by atoms with E-state index in [2.05, 4.69) is 5.32 Å². The molecule has 0 aliphatic heterocycles. The van der Waals surface area contributed by atoms with Crippen LogP contribution in [-0.4, -0.2) is 34.6 Å². The van der Waals surface area contributed by atoms with Gasteiger partial charge in [0.25, 0.3) is 0 Å². The summed E-state index contributed by atoms with van der Waals surface area (Å²) >= 11 is 13.6. The Bertz CT molecular complexity index is 911. The number of rotatable bonds is 11. The summed E-state index contributed by atoms with van der Waals surface area (Å²) in [5.41, 5.74) is 1.65. The van der Waals surface area contributed by atoms with Crippen LogP contribution in [0.25, 0.3) is 0 Å². The number of nitrogens with zero attached hydrogens (tertiary/aromatic N) is 1. The molecular formula is C24H29Cl2FN2O2S. The van der Waals surface area contributed by atoms with Crippen LogP contribution >= 0.6 is 35.0 Å². The Morgan fingerprint density at radius 1 is 1.09 bits per heavy atom. The molecule has 0 heterocycles. The zero-order valence-corrected chi connectivity index (χ0v) is 20.9. The summed E-state index contributed by atoms with van der Waals surface area (Å²) in [5.74, 6) is 0.0529. The second-order valence-electron chi connectivity index (χ2n) is 7.62. The Morgan fingerprint density at radius 2 is 1.78 bits per heavy atom. The fourth-order valence-corrected chi connectivity index (χ4v) is 4.59. The van der Waals surface area contributed by atoms with Gasteiger partial charge in [-0.05, 0) is 55.2 Å². The number of hydrogen-bond acceptors (Lipinski definition) is 3. The van der Waals surface area contributed by atoms with Crippen molar-refractivity contribution in [2.24, 2.45) is 0 Å². The lowest BCUT2D eigenvalue weighted by molar-refractivity contribution is -0.139. The van der Waals surface area contributed by atoms with Crippen molar-refractivity contribution in [3.63, 3.8) is 0 Å². The van der Waals surface area contributed by atoms with Crippen molar-refractivity contribution in [2.45, 2.75) is 58.0 Å². The van der Waals surface area contributed by atoms with E-state index in [9.17, 15) is 14.0 Å². The Labute approximate surface area is 203 Å². The fraction of sp³-hybridized carbons (Fsp3) is 0.417. The molecule has 0 saturated carbocycles. The van der Waals surface area contributed by atoms with Crippen LogP contribution in [0.2, 0.25) is 10.0 Å². The maximum Gasteiger partial charge on any atom is 0.243 e. The first-order chi connectivity index (χ1) is 15.2. The number of amides is 2. The Hall–Kier alpha value is -1.76. The summed E-state index contributed by atoms with van der Waals surface area (Å²) in [5, 5.41) is 4.09. The molecule has 0 fully saturated rings. The fourth-order valence-electron chi connectivity index (χ4n) is 3.12. The standard InChI is InChI=1S/C24H29Cl2FN2O2S/c1-4-16(3)28-24(31)22(5-2)29(13-17-6-10-20(27)11-7-17)23(30)15-32-14-18-8-9-19(25)12-21(18)26/h6-12,16,22H,4-5,13-15H2,1-3H3,(H,28,31)/t16-,22-/m1/s1. The first-order valence-electron chi connectivity index (χ1n) is 10.6. The SMILES string of the molecule is CC[C@@H](C)NC(=O)[C@@H](CC)N(Cc1ccc(F)cc1)C(=O)CSCc1ccc(Cl)cc1Cl. The van der Waals surface area contributed by atoms with E-state index < -0.39 is 6.04 Å². The number of benzene rings is 2. The lowest BCUT2D eigenvalue weighted by Crippen LogP contribution is -2.51. The second kappa shape index (κ2) is 13.1. The van der Waals surface area contributed by atoms with Crippen molar-refractivity contribution in [3.05, 3.63) is 69.5 Å². The molecule has 8 heteroatoms. The zero-order valence-electron chi connectivity index (χ0n) is 18.5. The van der Waals surface area contributed by atoms with Gasteiger partial charge in [0.1, 0.15) is 11.9 Å². The van der Waals surface area contributed by atoms with Crippen LogP contribution in [0, 0.1) is 5.82 Å². The summed E-state index contributed by atoms with van der Waals surface area (Å²) in [4.78, 5) is 27.7. The van der Waals surface area contributed by atoms with Crippen LogP contribution < -0.4 is 5.32 Å². The van der Waals surface area contributed by atoms with Gasteiger partial charge in [0.15, 0.2) is 0 Å². The molecule has 0 spiro atoms. The van der Waals surface area contributed by atoms with Gasteiger partial charge in [0.05, 0.1) is 5.75 Å². The minimum absolute atomic E-state index is 0.0146. The highest BCUT2D eigenvalue weighted by Crippen LogP contribution is 2.25. The van der Waals surface area contributed by atoms with Crippen LogP contribution in [0.4, 0.5) is 4.39 Å². The van der Waals surface area contributed by atoms with E-state index in [4.69, 9.17) is 23.2 Å². The van der Waals surface area contributed by atoms with Crippen molar-refractivity contribution >= 4 is 46.8 Å². The van der Waals surface area contributed by atoms with Gasteiger partial charge < -0.3 is 10.2 Å². The van der Waals surface area contributed by atoms with Crippen molar-refractivity contribution in [1.82, 2.24) is 10.2 Å². The highest BCUT2D eigenvalue weighted by molar-refractivity contribution is 7.99. The minimum atomic E-state index is -0.610. The number of hydrogen-bond donors (Lipinski definition) is 1. The molecule has 0 saturated heterocycles. The van der Waals surface area contributed by atoms with Crippen LogP contribution in [0.3, 0.4) is 0 Å². The predicted octanol–water partition coefficient (Wildman–Crippen LogP) is 6.09. The molecule has 0 aliphatic rings. The molecule has 0 radical (unpaired) electrons. The van der Waals surface area contributed by atoms with Crippen molar-refractivity contribution < 1.29 is 14.0 Å². The average molecular weight is 499 g/mol. The number of halogens is 3. The van der Waals surface area contributed by atoms with Gasteiger partial charge in [-0.2, -0.15) is 0 Å². The molecule has 2 aromatic carbocycles. The monoisotopic (exact) mass is 498 g/mol. The van der Waals surface area contributed by atoms with E-state index in [0.717, 1.165) is 17.5 Å². The van der Waals surface area contributed by atoms with Gasteiger partial charge in [-0.25, -0.2) is 4.39 Å². The quantitative estimate of drug-likeness (QED) is 0.407. The summed E-state index contributed by atoms with van der Waals surface area (Å²) < 4.78 is 13.3. The molecule has 4 nitrogen and oxygen atoms in total. The van der Waals surface area contributed by atoms with Gasteiger partial charge in [-0.1, -0.05) is 55.2 Å². The van der Waals surface area contributed by atoms with Crippen LogP contribution in [0.1, 0.15) is 44.7 Å². The molecule has 32 heavy (non-hydrogen) atoms. The van der Waals surface area contributed by atoms with E-state index in [-0.39, 0.29) is 36.0 Å². The molecule has 2 amide bonds. The third kappa shape index (κ3) is 7.98. The first-order valence-corrected chi connectivity index (χ1v) is 12.5. The van der Waals surface area contributed by atoms with Crippen molar-refractivity contribution in [3.8, 4) is 0 Å². The molecule has 0 bridgehead atoms. The van der Waals surface area contributed by atoms with Gasteiger partial charge in [0.2, 0.25) is 11.8 Å². The maximum absolute atomic E-state index is 13.3. The molecule has 1 N–H and O–H groups in total. The zero-order chi connectivity index (χ0) is 23.7. The Balaban J connectivity index is 2.14. The van der Waals surface area contributed by atoms with E-state index in [0.29, 0.717) is 22.2 Å². The third-order valence-corrected chi connectivity index (χ3v) is 6.70. The lowest BCUT2D eigenvalue weighted by Gasteiger charge is -2.31. The highest BCUT2D eigenvalue weighted by Gasteiger charge is 2.29. The molecule has 2 atom stereocenters. The second-order valence-corrected chi connectivity index (χ2v) is 9.45. The number of carbonyl (C=O) groups is 2. The molecule has 174 valence electrons. The van der Waals surface area contributed by atoms with E-state index in [1.165, 1.54) is 23.9 Å². The number of thioether (sulfide) groups is 1. The topological polar surface area (TPSA) is 49.4 Å². The molecule has 0 aliphatic carbocycles. The van der Waals surface area contributed by atoms with Crippen molar-refractivity contribution in [1.29, 1.82) is 0 Å². The smallest absolute Gasteiger partial charge is 0.243 e. The highest BCUT2D eigenvalue weighted by atomic mass is 35.5. The van der Waals surface area contributed by atoms with E-state index >= 15 is 0 Å². The average Bonchev–Trinajstić information content (AvgIpc) is 2.76. The summed E-state index contributed by atoms with van der Waals surface area (Å²) in [6.07, 6.45) is 1.27. The van der Waals surface area contributed by atoms with Gasteiger partial charge in [-0.15, -0.1) is 11.8 Å². The molecule has 2 aromatic rings. The van der Waals surface area contributed by atoms with Gasteiger partial charge >= 0.3 is 0 Å². The molecular weight excluding hydrogens is 470 g/mol. The van der Waals surface area contributed by atoms with Crippen LogP contribution in [0.15, 0.2) is 42.5 Å². The summed E-state index contributed by atoms with van der Waals surface area (Å²) in [6.45, 7) is 6.04. The predicted molar refractivity (Wildman–Crippen MR) is 132 cm³/mol. The largest absolute Gasteiger partial charge is 0.352 e. The van der Waals surface area contributed by atoms with Gasteiger partial charge in [0, 0.05) is 28.4 Å². The first kappa shape index (κ1) is 26.5. The van der Waals surface area contributed by atoms with E-state index in [1.807, 2.05) is 26.8 Å². The lowest BCUT2D eigenvalue weighted by atomic mass is 10.1. The normalized spacial score (nSPS) is 12.8. The van der Waals surface area contributed by atoms with Crippen LogP contribution in [-0.2, 0) is 21.9 Å². The third-order valence-electron chi connectivity index (χ3n) is 5.15. The minimum Gasteiger partial charge on any atom is -0.352 e. The van der Waals surface area contributed by atoms with Gasteiger partial charge in [-0.3, -0.25) is 9.59 Å². The molecule has 0 unspecified atom stereocenters. The Morgan fingerprint density at radius 3 is 2.38 bits per heavy atom. The maximum atomic E-state index is 13.3.